The fourth-order valence-electron chi connectivity index (χ4n) is 1.88. The van der Waals surface area contributed by atoms with E-state index in [9.17, 15) is 18.3 Å². The Kier molecular flexibility index (Phi) is 3.15. The minimum absolute atomic E-state index is 0.0124. The number of fused-ring (bicyclic) bond motifs is 1. The van der Waals surface area contributed by atoms with Gasteiger partial charge >= 0.3 is 5.97 Å². The fourth-order valence-corrected chi connectivity index (χ4v) is 4.62. The summed E-state index contributed by atoms with van der Waals surface area (Å²) in [7, 11) is -4.09. The number of benzene rings is 1. The molecule has 2 aromatic heterocycles. The highest BCUT2D eigenvalue weighted by Gasteiger charge is 2.28. The van der Waals surface area contributed by atoms with Gasteiger partial charge in [-0.2, -0.15) is 0 Å². The molecule has 21 heavy (non-hydrogen) atoms. The maximum Gasteiger partial charge on any atom is 0.347 e. The van der Waals surface area contributed by atoms with Crippen molar-refractivity contribution in [1.82, 2.24) is 5.16 Å². The first-order valence-electron chi connectivity index (χ1n) is 5.67. The molecule has 0 bridgehead atoms. The molecule has 2 N–H and O–H groups in total. The molecule has 0 aliphatic heterocycles. The maximum atomic E-state index is 12.5. The van der Waals surface area contributed by atoms with Crippen molar-refractivity contribution in [1.29, 1.82) is 0 Å². The number of carboxylic acid groups (broad SMARTS) is 1. The zero-order valence-corrected chi connectivity index (χ0v) is 11.9. The summed E-state index contributed by atoms with van der Waals surface area (Å²) in [5, 5.41) is 13.1. The number of rotatable bonds is 4. The van der Waals surface area contributed by atoms with Crippen molar-refractivity contribution in [3.63, 3.8) is 0 Å². The number of thiophene rings is 1. The third-order valence-electron chi connectivity index (χ3n) is 2.69. The SMILES string of the molecule is O=C(O)c1sc2ccccc2c1S(=O)(=O)Nc1ccon1. The number of hydrogen-bond acceptors (Lipinski definition) is 6. The number of aromatic carboxylic acids is 1. The van der Waals surface area contributed by atoms with Crippen LogP contribution < -0.4 is 4.72 Å². The van der Waals surface area contributed by atoms with E-state index in [-0.39, 0.29) is 15.6 Å². The number of carbonyl (C=O) groups is 1. The smallest absolute Gasteiger partial charge is 0.347 e. The number of nitrogens with zero attached hydrogens (tertiary/aromatic N) is 1. The van der Waals surface area contributed by atoms with E-state index in [0.717, 1.165) is 11.3 Å². The van der Waals surface area contributed by atoms with E-state index >= 15 is 0 Å². The van der Waals surface area contributed by atoms with Crippen LogP contribution >= 0.6 is 11.3 Å². The second-order valence-electron chi connectivity index (χ2n) is 4.05. The normalized spacial score (nSPS) is 11.6. The third-order valence-corrected chi connectivity index (χ3v) is 5.42. The molecule has 9 heteroatoms. The Bertz CT molecular complexity index is 912. The summed E-state index contributed by atoms with van der Waals surface area (Å²) in [6.45, 7) is 0. The van der Waals surface area contributed by atoms with Gasteiger partial charge < -0.3 is 9.63 Å². The van der Waals surface area contributed by atoms with E-state index in [0.29, 0.717) is 10.1 Å². The summed E-state index contributed by atoms with van der Waals surface area (Å²) < 4.78 is 32.2. The molecular weight excluding hydrogens is 316 g/mol. The topological polar surface area (TPSA) is 110 Å². The molecule has 7 nitrogen and oxygen atoms in total. The highest BCUT2D eigenvalue weighted by molar-refractivity contribution is 7.93. The van der Waals surface area contributed by atoms with Crippen molar-refractivity contribution in [2.75, 3.05) is 4.72 Å². The van der Waals surface area contributed by atoms with Gasteiger partial charge in [-0.3, -0.25) is 4.72 Å². The molecule has 108 valence electrons. The van der Waals surface area contributed by atoms with Crippen LogP contribution in [0.25, 0.3) is 10.1 Å². The standard InChI is InChI=1S/C12H8N2O5S2/c15-12(16)10-11(7-3-1-2-4-8(7)20-10)21(17,18)14-9-5-6-19-13-9/h1-6H,(H,13,14)(H,15,16). The largest absolute Gasteiger partial charge is 0.477 e. The van der Waals surface area contributed by atoms with E-state index in [4.69, 9.17) is 0 Å². The van der Waals surface area contributed by atoms with Gasteiger partial charge in [-0.1, -0.05) is 23.4 Å². The summed E-state index contributed by atoms with van der Waals surface area (Å²) >= 11 is 0.909. The molecule has 2 heterocycles. The molecule has 0 aliphatic carbocycles. The molecule has 3 aromatic rings. The summed E-state index contributed by atoms with van der Waals surface area (Å²) in [6.07, 6.45) is 1.21. The van der Waals surface area contributed by atoms with Gasteiger partial charge in [0.1, 0.15) is 16.0 Å². The van der Waals surface area contributed by atoms with Crippen molar-refractivity contribution in [3.05, 3.63) is 41.5 Å². The monoisotopic (exact) mass is 324 g/mol. The van der Waals surface area contributed by atoms with Crippen LogP contribution in [0.15, 0.2) is 46.0 Å². The first kappa shape index (κ1) is 13.6. The quantitative estimate of drug-likeness (QED) is 0.762. The third kappa shape index (κ3) is 2.36. The predicted octanol–water partition coefficient (Wildman–Crippen LogP) is 2.39. The lowest BCUT2D eigenvalue weighted by molar-refractivity contribution is 0.0698. The molecular formula is C12H8N2O5S2. The van der Waals surface area contributed by atoms with E-state index in [1.54, 1.807) is 24.3 Å². The Morgan fingerprint density at radius 1 is 1.29 bits per heavy atom. The van der Waals surface area contributed by atoms with Gasteiger partial charge in [-0.15, -0.1) is 11.3 Å². The van der Waals surface area contributed by atoms with Crippen molar-refractivity contribution < 1.29 is 22.8 Å². The Morgan fingerprint density at radius 3 is 2.71 bits per heavy atom. The minimum Gasteiger partial charge on any atom is -0.477 e. The second-order valence-corrected chi connectivity index (χ2v) is 6.72. The van der Waals surface area contributed by atoms with Crippen LogP contribution in [0.1, 0.15) is 9.67 Å². The number of anilines is 1. The van der Waals surface area contributed by atoms with Crippen LogP contribution in [-0.4, -0.2) is 24.7 Å². The molecule has 0 fully saturated rings. The summed E-state index contributed by atoms with van der Waals surface area (Å²) in [5.41, 5.74) is 0. The Hall–Kier alpha value is -2.39. The first-order valence-corrected chi connectivity index (χ1v) is 7.97. The average molecular weight is 324 g/mol. The lowest BCUT2D eigenvalue weighted by atomic mass is 10.2. The van der Waals surface area contributed by atoms with Crippen LogP contribution in [-0.2, 0) is 10.0 Å². The molecule has 0 saturated heterocycles. The van der Waals surface area contributed by atoms with Crippen molar-refractivity contribution in [3.8, 4) is 0 Å². The molecule has 0 unspecified atom stereocenters. The van der Waals surface area contributed by atoms with E-state index in [1.165, 1.54) is 12.3 Å². The Labute approximate surface area is 122 Å². The lowest BCUT2D eigenvalue weighted by Gasteiger charge is -2.05. The number of aromatic nitrogens is 1. The van der Waals surface area contributed by atoms with Crippen molar-refractivity contribution in [2.24, 2.45) is 0 Å². The predicted molar refractivity (Wildman–Crippen MR) is 76.1 cm³/mol. The maximum absolute atomic E-state index is 12.5. The first-order chi connectivity index (χ1) is 9.99. The molecule has 0 aliphatic rings. The second kappa shape index (κ2) is 4.86. The number of carboxylic acids is 1. The number of nitrogens with one attached hydrogen (secondary N) is 1. The van der Waals surface area contributed by atoms with Gasteiger partial charge in [0.15, 0.2) is 5.82 Å². The van der Waals surface area contributed by atoms with E-state index in [2.05, 4.69) is 14.4 Å². The van der Waals surface area contributed by atoms with Crippen molar-refractivity contribution in [2.45, 2.75) is 4.90 Å². The zero-order chi connectivity index (χ0) is 15.0. The number of hydrogen-bond donors (Lipinski definition) is 2. The molecule has 0 atom stereocenters. The number of sulfonamides is 1. The van der Waals surface area contributed by atoms with Crippen LogP contribution in [0.3, 0.4) is 0 Å². The van der Waals surface area contributed by atoms with Crippen LogP contribution in [0.5, 0.6) is 0 Å². The van der Waals surface area contributed by atoms with Crippen LogP contribution in [0.2, 0.25) is 0 Å². The average Bonchev–Trinajstić information content (AvgIpc) is 3.04. The van der Waals surface area contributed by atoms with Gasteiger partial charge in [0.05, 0.1) is 0 Å². The van der Waals surface area contributed by atoms with Gasteiger partial charge in [-0.25, -0.2) is 13.2 Å². The van der Waals surface area contributed by atoms with Gasteiger partial charge in [-0.05, 0) is 6.07 Å². The Balaban J connectivity index is 2.22. The molecule has 3 rings (SSSR count). The summed E-state index contributed by atoms with van der Waals surface area (Å²) in [6, 6.07) is 7.92. The molecule has 1 aromatic carbocycles. The van der Waals surface area contributed by atoms with Gasteiger partial charge in [0.25, 0.3) is 10.0 Å². The zero-order valence-electron chi connectivity index (χ0n) is 10.3. The fraction of sp³-hybridized carbons (Fsp3) is 0. The van der Waals surface area contributed by atoms with Crippen LogP contribution in [0.4, 0.5) is 5.82 Å². The van der Waals surface area contributed by atoms with E-state index in [1.807, 2.05) is 0 Å². The molecule has 0 radical (unpaired) electrons. The van der Waals surface area contributed by atoms with Gasteiger partial charge in [0, 0.05) is 16.2 Å². The highest BCUT2D eigenvalue weighted by atomic mass is 32.2. The molecule has 0 saturated carbocycles. The highest BCUT2D eigenvalue weighted by Crippen LogP contribution is 2.35. The Morgan fingerprint density at radius 2 is 2.05 bits per heavy atom. The molecule has 0 spiro atoms. The summed E-state index contributed by atoms with van der Waals surface area (Å²) in [5.74, 6) is -1.31. The van der Waals surface area contributed by atoms with Gasteiger partial charge in [0.2, 0.25) is 0 Å². The minimum atomic E-state index is -4.09. The van der Waals surface area contributed by atoms with Crippen molar-refractivity contribution >= 4 is 43.2 Å². The van der Waals surface area contributed by atoms with Crippen LogP contribution in [0, 0.1) is 0 Å². The molecule has 0 amide bonds. The summed E-state index contributed by atoms with van der Waals surface area (Å²) in [4.78, 5) is 10.8. The lowest BCUT2D eigenvalue weighted by Crippen LogP contribution is -2.15. The van der Waals surface area contributed by atoms with E-state index < -0.39 is 16.0 Å².